The number of aryl methyl sites for hydroxylation is 1. The van der Waals surface area contributed by atoms with Crippen LogP contribution in [0, 0.1) is 18.6 Å². The lowest BCUT2D eigenvalue weighted by Crippen LogP contribution is -2.03. The largest absolute Gasteiger partial charge is 0.264 e. The van der Waals surface area contributed by atoms with E-state index in [0.717, 1.165) is 17.3 Å². The lowest BCUT2D eigenvalue weighted by atomic mass is 10.00. The number of hydrogen-bond acceptors (Lipinski definition) is 5. The van der Waals surface area contributed by atoms with E-state index in [1.54, 1.807) is 6.07 Å². The van der Waals surface area contributed by atoms with Crippen LogP contribution in [0.25, 0.3) is 22.4 Å². The van der Waals surface area contributed by atoms with Crippen LogP contribution >= 0.6 is 11.3 Å². The molecule has 0 saturated heterocycles. The summed E-state index contributed by atoms with van der Waals surface area (Å²) in [6.45, 7) is 1.84. The van der Waals surface area contributed by atoms with Crippen LogP contribution in [-0.4, -0.2) is 24.6 Å². The third-order valence-electron chi connectivity index (χ3n) is 3.43. The molecule has 0 fully saturated rings. The summed E-state index contributed by atoms with van der Waals surface area (Å²) in [6, 6.07) is 3.24. The maximum absolute atomic E-state index is 14.5. The molecule has 1 aromatic carbocycles. The number of thiazole rings is 1. The van der Waals surface area contributed by atoms with Crippen molar-refractivity contribution >= 4 is 21.2 Å². The number of halogens is 2. The predicted molar refractivity (Wildman–Crippen MR) is 88.5 cm³/mol. The Morgan fingerprint density at radius 3 is 2.46 bits per heavy atom. The molecule has 4 nitrogen and oxygen atoms in total. The van der Waals surface area contributed by atoms with Crippen LogP contribution in [-0.2, 0) is 9.84 Å². The summed E-state index contributed by atoms with van der Waals surface area (Å²) < 4.78 is 51.7. The molecule has 0 amide bonds. The van der Waals surface area contributed by atoms with Gasteiger partial charge in [0.15, 0.2) is 9.84 Å². The normalized spacial score (nSPS) is 11.7. The summed E-state index contributed by atoms with van der Waals surface area (Å²) in [6.07, 6.45) is 3.77. The second kappa shape index (κ2) is 6.03. The van der Waals surface area contributed by atoms with Crippen LogP contribution in [0.3, 0.4) is 0 Å². The molecule has 0 spiro atoms. The van der Waals surface area contributed by atoms with E-state index in [2.05, 4.69) is 9.97 Å². The number of pyridine rings is 1. The molecule has 124 valence electrons. The fourth-order valence-electron chi connectivity index (χ4n) is 2.34. The van der Waals surface area contributed by atoms with E-state index < -0.39 is 26.4 Å². The van der Waals surface area contributed by atoms with Gasteiger partial charge in [0.25, 0.3) is 0 Å². The quantitative estimate of drug-likeness (QED) is 0.706. The summed E-state index contributed by atoms with van der Waals surface area (Å²) >= 11 is 1.44. The van der Waals surface area contributed by atoms with Crippen LogP contribution in [0.15, 0.2) is 40.9 Å². The third-order valence-corrected chi connectivity index (χ3v) is 5.31. The minimum Gasteiger partial charge on any atom is -0.264 e. The molecule has 0 aliphatic heterocycles. The van der Waals surface area contributed by atoms with Crippen LogP contribution in [0.2, 0.25) is 0 Å². The van der Waals surface area contributed by atoms with Gasteiger partial charge in [0.2, 0.25) is 0 Å². The molecule has 0 unspecified atom stereocenters. The number of rotatable bonds is 3. The van der Waals surface area contributed by atoms with Crippen molar-refractivity contribution in [3.8, 4) is 22.4 Å². The van der Waals surface area contributed by atoms with E-state index in [1.165, 1.54) is 23.7 Å². The topological polar surface area (TPSA) is 59.9 Å². The molecule has 0 saturated carbocycles. The summed E-state index contributed by atoms with van der Waals surface area (Å²) in [7, 11) is -3.86. The van der Waals surface area contributed by atoms with Crippen molar-refractivity contribution in [3.05, 3.63) is 52.6 Å². The molecule has 24 heavy (non-hydrogen) atoms. The van der Waals surface area contributed by atoms with Gasteiger partial charge in [-0.2, -0.15) is 0 Å². The first-order valence-corrected chi connectivity index (χ1v) is 9.60. The third kappa shape index (κ3) is 3.07. The fraction of sp³-hybridized carbons (Fsp3) is 0.125. The van der Waals surface area contributed by atoms with Gasteiger partial charge in [-0.15, -0.1) is 11.3 Å². The number of hydrogen-bond donors (Lipinski definition) is 0. The highest BCUT2D eigenvalue weighted by Gasteiger charge is 2.20. The van der Waals surface area contributed by atoms with Crippen molar-refractivity contribution in [1.29, 1.82) is 0 Å². The van der Waals surface area contributed by atoms with Gasteiger partial charge in [0.1, 0.15) is 16.5 Å². The Kier molecular flexibility index (Phi) is 4.18. The number of nitrogens with zero attached hydrogens (tertiary/aromatic N) is 2. The summed E-state index contributed by atoms with van der Waals surface area (Å²) in [5.74, 6) is -1.84. The fourth-order valence-corrected chi connectivity index (χ4v) is 3.68. The Balaban J connectivity index is 2.23. The highest BCUT2D eigenvalue weighted by atomic mass is 32.2. The lowest BCUT2D eigenvalue weighted by Gasteiger charge is -2.10. The zero-order valence-electron chi connectivity index (χ0n) is 12.7. The minimum atomic E-state index is -3.86. The Morgan fingerprint density at radius 2 is 1.83 bits per heavy atom. The van der Waals surface area contributed by atoms with Crippen LogP contribution in [0.5, 0.6) is 0 Å². The SMILES string of the molecule is Cc1nc(-c2ccncc2-c2cc(F)c(S(C)(=O)=O)cc2F)cs1. The van der Waals surface area contributed by atoms with Gasteiger partial charge >= 0.3 is 0 Å². The summed E-state index contributed by atoms with van der Waals surface area (Å²) in [5, 5.41) is 2.65. The average molecular weight is 366 g/mol. The molecular formula is C16H12F2N2O2S2. The van der Waals surface area contributed by atoms with Gasteiger partial charge in [-0.25, -0.2) is 22.2 Å². The minimum absolute atomic E-state index is 0.0614. The zero-order valence-corrected chi connectivity index (χ0v) is 14.4. The first-order chi connectivity index (χ1) is 11.3. The monoisotopic (exact) mass is 366 g/mol. The molecule has 0 atom stereocenters. The predicted octanol–water partition coefficient (Wildman–Crippen LogP) is 3.86. The lowest BCUT2D eigenvalue weighted by molar-refractivity contribution is 0.557. The van der Waals surface area contributed by atoms with E-state index in [4.69, 9.17) is 0 Å². The average Bonchev–Trinajstić information content (AvgIpc) is 2.94. The Morgan fingerprint density at radius 1 is 1.08 bits per heavy atom. The maximum atomic E-state index is 14.5. The number of benzene rings is 1. The van der Waals surface area contributed by atoms with Crippen molar-refractivity contribution in [2.45, 2.75) is 11.8 Å². The van der Waals surface area contributed by atoms with Crippen LogP contribution in [0.4, 0.5) is 8.78 Å². The van der Waals surface area contributed by atoms with Gasteiger partial charge in [0.05, 0.1) is 10.7 Å². The second-order valence-corrected chi connectivity index (χ2v) is 8.25. The van der Waals surface area contributed by atoms with Crippen molar-refractivity contribution in [3.63, 3.8) is 0 Å². The highest BCUT2D eigenvalue weighted by molar-refractivity contribution is 7.90. The first kappa shape index (κ1) is 16.7. The molecule has 2 heterocycles. The molecule has 2 aromatic heterocycles. The van der Waals surface area contributed by atoms with Gasteiger partial charge in [-0.05, 0) is 25.1 Å². The van der Waals surface area contributed by atoms with Gasteiger partial charge in [-0.1, -0.05) is 0 Å². The smallest absolute Gasteiger partial charge is 0.178 e. The van der Waals surface area contributed by atoms with Crippen molar-refractivity contribution in [1.82, 2.24) is 9.97 Å². The second-order valence-electron chi connectivity index (χ2n) is 5.21. The molecule has 0 bridgehead atoms. The summed E-state index contributed by atoms with van der Waals surface area (Å²) in [4.78, 5) is 7.65. The first-order valence-electron chi connectivity index (χ1n) is 6.83. The number of aromatic nitrogens is 2. The summed E-state index contributed by atoms with van der Waals surface area (Å²) in [5.41, 5.74) is 1.51. The Labute approximate surface area is 141 Å². The molecule has 3 aromatic rings. The van der Waals surface area contributed by atoms with E-state index in [9.17, 15) is 17.2 Å². The molecule has 0 radical (unpaired) electrons. The standard InChI is InChI=1S/C16H12F2N2O2S2/c1-9-20-15(8-23-9)10-3-4-19-7-12(10)11-5-14(18)16(6-13(11)17)24(2,21)22/h3-8H,1-2H3. The van der Waals surface area contributed by atoms with Gasteiger partial charge in [-0.3, -0.25) is 4.98 Å². The molecule has 3 rings (SSSR count). The Hall–Kier alpha value is -2.19. The van der Waals surface area contributed by atoms with Crippen LogP contribution < -0.4 is 0 Å². The highest BCUT2D eigenvalue weighted by Crippen LogP contribution is 2.34. The van der Waals surface area contributed by atoms with Crippen LogP contribution in [0.1, 0.15) is 5.01 Å². The molecular weight excluding hydrogens is 354 g/mol. The maximum Gasteiger partial charge on any atom is 0.178 e. The molecule has 8 heteroatoms. The van der Waals surface area contributed by atoms with Gasteiger partial charge < -0.3 is 0 Å². The van der Waals surface area contributed by atoms with Crippen molar-refractivity contribution in [2.75, 3.05) is 6.26 Å². The molecule has 0 N–H and O–H groups in total. The van der Waals surface area contributed by atoms with E-state index in [1.807, 2.05) is 12.3 Å². The molecule has 0 aliphatic carbocycles. The Bertz CT molecular complexity index is 1030. The van der Waals surface area contributed by atoms with Crippen molar-refractivity contribution in [2.24, 2.45) is 0 Å². The van der Waals surface area contributed by atoms with E-state index in [0.29, 0.717) is 22.9 Å². The van der Waals surface area contributed by atoms with Crippen molar-refractivity contribution < 1.29 is 17.2 Å². The molecule has 0 aliphatic rings. The number of sulfone groups is 1. The van der Waals surface area contributed by atoms with E-state index in [-0.39, 0.29) is 5.56 Å². The van der Waals surface area contributed by atoms with Gasteiger partial charge in [0, 0.05) is 40.7 Å². The van der Waals surface area contributed by atoms with E-state index >= 15 is 0 Å². The zero-order chi connectivity index (χ0) is 17.5.